The number of hydrogen-bond donors (Lipinski definition) is 2. The van der Waals surface area contributed by atoms with Crippen LogP contribution in [0.5, 0.6) is 0 Å². The first kappa shape index (κ1) is 18.5. The summed E-state index contributed by atoms with van der Waals surface area (Å²) >= 11 is 0. The number of nitrogens with one attached hydrogen (secondary N) is 1. The standard InChI is InChI=1S/C22H24N2O4/c25-19(12-16-6-3-5-15-4-1-2-7-17(15)16)23-14-20(26)24-10-8-22(9-11-24)13-18(22)21(27)28/h1-7,18H,8-14H2,(H,23,25)(H,27,28). The third-order valence-corrected chi connectivity index (χ3v) is 6.27. The molecule has 1 aliphatic carbocycles. The fourth-order valence-electron chi connectivity index (χ4n) is 4.42. The molecule has 2 fully saturated rings. The van der Waals surface area contributed by atoms with E-state index in [1.165, 1.54) is 0 Å². The van der Waals surface area contributed by atoms with Crippen molar-refractivity contribution in [3.8, 4) is 0 Å². The van der Waals surface area contributed by atoms with Crippen LogP contribution in [0.25, 0.3) is 10.8 Å². The number of nitrogens with zero attached hydrogens (tertiary/aromatic N) is 1. The van der Waals surface area contributed by atoms with Crippen LogP contribution in [-0.4, -0.2) is 47.4 Å². The SMILES string of the molecule is O=C(Cc1cccc2ccccc12)NCC(=O)N1CCC2(CC1)CC2C(=O)O. The van der Waals surface area contributed by atoms with Crippen molar-refractivity contribution in [1.29, 1.82) is 0 Å². The van der Waals surface area contributed by atoms with Gasteiger partial charge in [0.25, 0.3) is 0 Å². The summed E-state index contributed by atoms with van der Waals surface area (Å²) in [4.78, 5) is 37.6. The Kier molecular flexibility index (Phi) is 4.79. The van der Waals surface area contributed by atoms with Crippen molar-refractivity contribution in [2.75, 3.05) is 19.6 Å². The summed E-state index contributed by atoms with van der Waals surface area (Å²) in [5, 5.41) is 14.0. The minimum atomic E-state index is -0.722. The Hall–Kier alpha value is -2.89. The number of aliphatic carboxylic acids is 1. The van der Waals surface area contributed by atoms with Crippen LogP contribution in [0.2, 0.25) is 0 Å². The van der Waals surface area contributed by atoms with Crippen LogP contribution in [0.3, 0.4) is 0 Å². The summed E-state index contributed by atoms with van der Waals surface area (Å²) in [7, 11) is 0. The second kappa shape index (κ2) is 7.26. The summed E-state index contributed by atoms with van der Waals surface area (Å²) in [6, 6.07) is 13.8. The highest BCUT2D eigenvalue weighted by atomic mass is 16.4. The summed E-state index contributed by atoms with van der Waals surface area (Å²) in [6.45, 7) is 1.13. The molecule has 1 spiro atoms. The van der Waals surface area contributed by atoms with E-state index in [9.17, 15) is 14.4 Å². The molecule has 1 saturated carbocycles. The number of carbonyl (C=O) groups is 3. The van der Waals surface area contributed by atoms with E-state index in [1.807, 2.05) is 42.5 Å². The smallest absolute Gasteiger partial charge is 0.307 e. The monoisotopic (exact) mass is 380 g/mol. The Morgan fingerprint density at radius 3 is 2.50 bits per heavy atom. The van der Waals surface area contributed by atoms with Gasteiger partial charge in [-0.15, -0.1) is 0 Å². The molecule has 2 aromatic rings. The van der Waals surface area contributed by atoms with E-state index in [0.29, 0.717) is 13.1 Å². The number of benzene rings is 2. The molecule has 2 aromatic carbocycles. The third-order valence-electron chi connectivity index (χ3n) is 6.27. The zero-order chi connectivity index (χ0) is 19.7. The van der Waals surface area contributed by atoms with Crippen molar-refractivity contribution in [2.45, 2.75) is 25.7 Å². The lowest BCUT2D eigenvalue weighted by molar-refractivity contribution is -0.140. The van der Waals surface area contributed by atoms with Crippen LogP contribution in [0, 0.1) is 11.3 Å². The number of carboxylic acids is 1. The van der Waals surface area contributed by atoms with Crippen molar-refractivity contribution in [2.24, 2.45) is 11.3 Å². The van der Waals surface area contributed by atoms with Crippen molar-refractivity contribution in [1.82, 2.24) is 10.2 Å². The first-order valence-electron chi connectivity index (χ1n) is 9.72. The van der Waals surface area contributed by atoms with Crippen LogP contribution >= 0.6 is 0 Å². The van der Waals surface area contributed by atoms with Gasteiger partial charge >= 0.3 is 5.97 Å². The van der Waals surface area contributed by atoms with Gasteiger partial charge in [0.1, 0.15) is 0 Å². The Morgan fingerprint density at radius 2 is 1.79 bits per heavy atom. The van der Waals surface area contributed by atoms with Crippen LogP contribution in [0.4, 0.5) is 0 Å². The molecule has 0 bridgehead atoms. The Balaban J connectivity index is 1.27. The van der Waals surface area contributed by atoms with Crippen LogP contribution in [0.15, 0.2) is 42.5 Å². The van der Waals surface area contributed by atoms with Gasteiger partial charge in [-0.2, -0.15) is 0 Å². The lowest BCUT2D eigenvalue weighted by Gasteiger charge is -2.32. The summed E-state index contributed by atoms with van der Waals surface area (Å²) < 4.78 is 0. The molecule has 28 heavy (non-hydrogen) atoms. The quantitative estimate of drug-likeness (QED) is 0.833. The Morgan fingerprint density at radius 1 is 1.07 bits per heavy atom. The minimum Gasteiger partial charge on any atom is -0.481 e. The van der Waals surface area contributed by atoms with E-state index in [4.69, 9.17) is 5.11 Å². The molecule has 2 aliphatic rings. The van der Waals surface area contributed by atoms with E-state index in [-0.39, 0.29) is 36.1 Å². The highest BCUT2D eigenvalue weighted by Crippen LogP contribution is 2.59. The van der Waals surface area contributed by atoms with Gasteiger partial charge in [0.15, 0.2) is 0 Å². The first-order valence-corrected chi connectivity index (χ1v) is 9.72. The first-order chi connectivity index (χ1) is 13.5. The molecule has 4 rings (SSSR count). The Labute approximate surface area is 163 Å². The molecule has 0 radical (unpaired) electrons. The number of fused-ring (bicyclic) bond motifs is 1. The van der Waals surface area contributed by atoms with Crippen molar-refractivity contribution in [3.05, 3.63) is 48.0 Å². The molecule has 1 atom stereocenters. The summed E-state index contributed by atoms with van der Waals surface area (Å²) in [6.07, 6.45) is 2.43. The molecule has 2 N–H and O–H groups in total. The zero-order valence-corrected chi connectivity index (χ0v) is 15.7. The average Bonchev–Trinajstić information content (AvgIpc) is 3.41. The molecule has 146 valence electrons. The largest absolute Gasteiger partial charge is 0.481 e. The van der Waals surface area contributed by atoms with Crippen molar-refractivity contribution >= 4 is 28.6 Å². The van der Waals surface area contributed by atoms with Gasteiger partial charge in [0.2, 0.25) is 11.8 Å². The van der Waals surface area contributed by atoms with Crippen molar-refractivity contribution < 1.29 is 19.5 Å². The maximum Gasteiger partial charge on any atom is 0.307 e. The maximum absolute atomic E-state index is 12.4. The lowest BCUT2D eigenvalue weighted by Crippen LogP contribution is -2.45. The molecule has 6 nitrogen and oxygen atoms in total. The highest BCUT2D eigenvalue weighted by Gasteiger charge is 2.59. The van der Waals surface area contributed by atoms with Crippen LogP contribution in [0.1, 0.15) is 24.8 Å². The fraction of sp³-hybridized carbons (Fsp3) is 0.409. The number of piperidine rings is 1. The molecule has 6 heteroatoms. The topological polar surface area (TPSA) is 86.7 Å². The average molecular weight is 380 g/mol. The normalized spacial score (nSPS) is 20.1. The predicted molar refractivity (Wildman–Crippen MR) is 105 cm³/mol. The summed E-state index contributed by atoms with van der Waals surface area (Å²) in [5.74, 6) is -1.24. The molecular weight excluding hydrogens is 356 g/mol. The van der Waals surface area contributed by atoms with Gasteiger partial charge in [-0.3, -0.25) is 14.4 Å². The second-order valence-corrected chi connectivity index (χ2v) is 7.93. The molecule has 1 saturated heterocycles. The van der Waals surface area contributed by atoms with Gasteiger partial charge in [-0.1, -0.05) is 42.5 Å². The van der Waals surface area contributed by atoms with Gasteiger partial charge in [-0.25, -0.2) is 0 Å². The molecule has 1 unspecified atom stereocenters. The predicted octanol–water partition coefficient (Wildman–Crippen LogP) is 2.21. The van der Waals surface area contributed by atoms with Crippen LogP contribution in [-0.2, 0) is 20.8 Å². The Bertz CT molecular complexity index is 926. The summed E-state index contributed by atoms with van der Waals surface area (Å²) in [5.41, 5.74) is 0.844. The van der Waals surface area contributed by atoms with E-state index >= 15 is 0 Å². The molecule has 0 aromatic heterocycles. The van der Waals surface area contributed by atoms with E-state index < -0.39 is 5.97 Å². The van der Waals surface area contributed by atoms with Gasteiger partial charge < -0.3 is 15.3 Å². The molecule has 1 heterocycles. The zero-order valence-electron chi connectivity index (χ0n) is 15.7. The molecule has 2 amide bonds. The van der Waals surface area contributed by atoms with E-state index in [0.717, 1.165) is 35.6 Å². The van der Waals surface area contributed by atoms with Crippen molar-refractivity contribution in [3.63, 3.8) is 0 Å². The van der Waals surface area contributed by atoms with Crippen LogP contribution < -0.4 is 5.32 Å². The third kappa shape index (κ3) is 3.59. The number of carboxylic acid groups (broad SMARTS) is 1. The number of rotatable bonds is 5. The highest BCUT2D eigenvalue weighted by molar-refractivity contribution is 5.91. The molecule has 1 aliphatic heterocycles. The minimum absolute atomic E-state index is 0.0149. The molecular formula is C22H24N2O4. The van der Waals surface area contributed by atoms with E-state index in [1.54, 1.807) is 4.90 Å². The fourth-order valence-corrected chi connectivity index (χ4v) is 4.42. The lowest BCUT2D eigenvalue weighted by atomic mass is 9.91. The van der Waals surface area contributed by atoms with E-state index in [2.05, 4.69) is 5.32 Å². The van der Waals surface area contributed by atoms with Gasteiger partial charge in [0, 0.05) is 13.1 Å². The number of amides is 2. The number of carbonyl (C=O) groups excluding carboxylic acids is 2. The second-order valence-electron chi connectivity index (χ2n) is 7.93. The number of hydrogen-bond acceptors (Lipinski definition) is 3. The van der Waals surface area contributed by atoms with Gasteiger partial charge in [-0.05, 0) is 41.0 Å². The number of likely N-dealkylation sites (tertiary alicyclic amines) is 1. The maximum atomic E-state index is 12.4. The van der Waals surface area contributed by atoms with Gasteiger partial charge in [0.05, 0.1) is 18.9 Å².